The summed E-state index contributed by atoms with van der Waals surface area (Å²) in [5, 5.41) is 3.28. The normalized spacial score (nSPS) is 12.7. The molecule has 108 valence electrons. The Balaban J connectivity index is 2.86. The van der Waals surface area contributed by atoms with Crippen LogP contribution in [0.1, 0.15) is 52.1 Å². The zero-order valence-corrected chi connectivity index (χ0v) is 13.1. The summed E-state index contributed by atoms with van der Waals surface area (Å²) in [7, 11) is 1.99. The Labute approximate surface area is 118 Å². The van der Waals surface area contributed by atoms with Gasteiger partial charge in [0.25, 0.3) is 0 Å². The summed E-state index contributed by atoms with van der Waals surface area (Å²) >= 11 is 0. The molecule has 1 unspecified atom stereocenters. The fourth-order valence-corrected chi connectivity index (χ4v) is 2.29. The van der Waals surface area contributed by atoms with Crippen molar-refractivity contribution in [1.29, 1.82) is 0 Å². The van der Waals surface area contributed by atoms with E-state index in [4.69, 9.17) is 0 Å². The number of nitrogens with zero attached hydrogens (tertiary/aromatic N) is 2. The van der Waals surface area contributed by atoms with Crippen molar-refractivity contribution in [2.24, 2.45) is 5.92 Å². The van der Waals surface area contributed by atoms with E-state index >= 15 is 0 Å². The molecule has 0 bridgehead atoms. The molecule has 0 spiro atoms. The molecule has 1 rings (SSSR count). The molecule has 0 radical (unpaired) electrons. The van der Waals surface area contributed by atoms with E-state index in [0.717, 1.165) is 24.8 Å². The smallest absolute Gasteiger partial charge is 0.128 e. The number of rotatable bonds is 8. The molecule has 0 saturated carbocycles. The van der Waals surface area contributed by atoms with Gasteiger partial charge in [-0.25, -0.2) is 4.98 Å². The Bertz CT molecular complexity index is 361. The van der Waals surface area contributed by atoms with Gasteiger partial charge in [0.2, 0.25) is 0 Å². The molecule has 19 heavy (non-hydrogen) atoms. The van der Waals surface area contributed by atoms with Gasteiger partial charge in [0.1, 0.15) is 5.82 Å². The predicted molar refractivity (Wildman–Crippen MR) is 83.7 cm³/mol. The summed E-state index contributed by atoms with van der Waals surface area (Å²) in [4.78, 5) is 6.94. The van der Waals surface area contributed by atoms with Crippen LogP contribution in [-0.4, -0.2) is 25.1 Å². The lowest BCUT2D eigenvalue weighted by atomic mass is 10.0. The summed E-state index contributed by atoms with van der Waals surface area (Å²) in [6.07, 6.45) is 4.40. The van der Waals surface area contributed by atoms with Gasteiger partial charge in [0.05, 0.1) is 0 Å². The number of pyridine rings is 1. The molecule has 3 heteroatoms. The highest BCUT2D eigenvalue weighted by molar-refractivity contribution is 5.41. The Morgan fingerprint density at radius 3 is 2.47 bits per heavy atom. The van der Waals surface area contributed by atoms with E-state index in [1.165, 1.54) is 18.4 Å². The van der Waals surface area contributed by atoms with Crippen LogP contribution in [0.15, 0.2) is 18.3 Å². The third-order valence-electron chi connectivity index (χ3n) is 4.04. The molecule has 1 heterocycles. The lowest BCUT2D eigenvalue weighted by molar-refractivity contribution is 0.484. The Morgan fingerprint density at radius 1 is 1.26 bits per heavy atom. The van der Waals surface area contributed by atoms with E-state index in [2.05, 4.69) is 55.0 Å². The van der Waals surface area contributed by atoms with E-state index in [1.54, 1.807) is 0 Å². The van der Waals surface area contributed by atoms with Crippen LogP contribution in [0, 0.1) is 5.92 Å². The van der Waals surface area contributed by atoms with Crippen molar-refractivity contribution in [3.63, 3.8) is 0 Å². The van der Waals surface area contributed by atoms with E-state index < -0.39 is 0 Å². The third kappa shape index (κ3) is 4.50. The molecule has 0 amide bonds. The highest BCUT2D eigenvalue weighted by Crippen LogP contribution is 2.20. The minimum absolute atomic E-state index is 0.369. The van der Waals surface area contributed by atoms with E-state index in [1.807, 2.05) is 13.2 Å². The van der Waals surface area contributed by atoms with Gasteiger partial charge in [-0.05, 0) is 44.5 Å². The SMILES string of the molecule is CCC(CC)CN(CC)c1cc(C(C)NC)ccn1. The summed E-state index contributed by atoms with van der Waals surface area (Å²) < 4.78 is 0. The van der Waals surface area contributed by atoms with Gasteiger partial charge in [-0.1, -0.05) is 26.7 Å². The lowest BCUT2D eigenvalue weighted by Crippen LogP contribution is -2.30. The van der Waals surface area contributed by atoms with Crippen LogP contribution in [0.4, 0.5) is 5.82 Å². The van der Waals surface area contributed by atoms with Crippen LogP contribution in [0.3, 0.4) is 0 Å². The summed E-state index contributed by atoms with van der Waals surface area (Å²) in [5.41, 5.74) is 1.30. The maximum Gasteiger partial charge on any atom is 0.128 e. The fourth-order valence-electron chi connectivity index (χ4n) is 2.29. The Morgan fingerprint density at radius 2 is 1.95 bits per heavy atom. The van der Waals surface area contributed by atoms with Crippen molar-refractivity contribution < 1.29 is 0 Å². The molecule has 0 saturated heterocycles. The average Bonchev–Trinajstić information content (AvgIpc) is 2.48. The van der Waals surface area contributed by atoms with Crippen molar-refractivity contribution in [3.8, 4) is 0 Å². The molecule has 1 N–H and O–H groups in total. The van der Waals surface area contributed by atoms with Crippen molar-refractivity contribution in [2.75, 3.05) is 25.0 Å². The molecule has 0 aliphatic heterocycles. The van der Waals surface area contributed by atoms with Crippen LogP contribution in [-0.2, 0) is 0 Å². The molecular weight excluding hydrogens is 234 g/mol. The van der Waals surface area contributed by atoms with Gasteiger partial charge < -0.3 is 10.2 Å². The standard InChI is InChI=1S/C16H29N3/c1-6-14(7-2)12-19(8-3)16-11-15(9-10-18-16)13(4)17-5/h9-11,13-14,17H,6-8,12H2,1-5H3. The van der Waals surface area contributed by atoms with Crippen LogP contribution >= 0.6 is 0 Å². The number of aromatic nitrogens is 1. The average molecular weight is 263 g/mol. The highest BCUT2D eigenvalue weighted by Gasteiger charge is 2.13. The molecule has 0 aliphatic rings. The highest BCUT2D eigenvalue weighted by atomic mass is 15.2. The van der Waals surface area contributed by atoms with Crippen LogP contribution < -0.4 is 10.2 Å². The summed E-state index contributed by atoms with van der Waals surface area (Å²) in [6, 6.07) is 4.68. The Kier molecular flexibility index (Phi) is 6.85. The van der Waals surface area contributed by atoms with Gasteiger partial charge in [-0.3, -0.25) is 0 Å². The fraction of sp³-hybridized carbons (Fsp3) is 0.688. The zero-order chi connectivity index (χ0) is 14.3. The maximum absolute atomic E-state index is 4.55. The topological polar surface area (TPSA) is 28.2 Å². The first kappa shape index (κ1) is 16.0. The summed E-state index contributed by atoms with van der Waals surface area (Å²) in [5.74, 6) is 1.86. The van der Waals surface area contributed by atoms with E-state index in [-0.39, 0.29) is 0 Å². The van der Waals surface area contributed by atoms with Crippen molar-refractivity contribution in [3.05, 3.63) is 23.9 Å². The molecule has 0 fully saturated rings. The van der Waals surface area contributed by atoms with Crippen molar-refractivity contribution in [2.45, 2.75) is 46.6 Å². The number of nitrogens with one attached hydrogen (secondary N) is 1. The van der Waals surface area contributed by atoms with Gasteiger partial charge in [0.15, 0.2) is 0 Å². The molecule has 0 aliphatic carbocycles. The number of anilines is 1. The molecule has 3 nitrogen and oxygen atoms in total. The maximum atomic E-state index is 4.55. The molecule has 0 aromatic carbocycles. The largest absolute Gasteiger partial charge is 0.357 e. The van der Waals surface area contributed by atoms with E-state index in [9.17, 15) is 0 Å². The Hall–Kier alpha value is -1.09. The number of hydrogen-bond acceptors (Lipinski definition) is 3. The first-order valence-corrected chi connectivity index (χ1v) is 7.54. The minimum Gasteiger partial charge on any atom is -0.357 e. The molecular formula is C16H29N3. The first-order chi connectivity index (χ1) is 9.15. The quantitative estimate of drug-likeness (QED) is 0.776. The van der Waals surface area contributed by atoms with Crippen LogP contribution in [0.5, 0.6) is 0 Å². The van der Waals surface area contributed by atoms with Crippen LogP contribution in [0.2, 0.25) is 0 Å². The van der Waals surface area contributed by atoms with Gasteiger partial charge in [-0.15, -0.1) is 0 Å². The monoisotopic (exact) mass is 263 g/mol. The molecule has 1 aromatic rings. The zero-order valence-electron chi connectivity index (χ0n) is 13.1. The van der Waals surface area contributed by atoms with E-state index in [0.29, 0.717) is 6.04 Å². The van der Waals surface area contributed by atoms with Crippen molar-refractivity contribution in [1.82, 2.24) is 10.3 Å². The van der Waals surface area contributed by atoms with Crippen molar-refractivity contribution >= 4 is 5.82 Å². The second kappa shape index (κ2) is 8.16. The predicted octanol–water partition coefficient (Wildman–Crippen LogP) is 3.62. The van der Waals surface area contributed by atoms with Gasteiger partial charge in [0, 0.05) is 25.3 Å². The minimum atomic E-state index is 0.369. The molecule has 1 atom stereocenters. The molecule has 1 aromatic heterocycles. The summed E-state index contributed by atoms with van der Waals surface area (Å²) in [6.45, 7) is 11.0. The third-order valence-corrected chi connectivity index (χ3v) is 4.04. The first-order valence-electron chi connectivity index (χ1n) is 7.54. The number of hydrogen-bond donors (Lipinski definition) is 1. The van der Waals surface area contributed by atoms with Crippen LogP contribution in [0.25, 0.3) is 0 Å². The second-order valence-corrected chi connectivity index (χ2v) is 5.18. The van der Waals surface area contributed by atoms with Gasteiger partial charge in [-0.2, -0.15) is 0 Å². The van der Waals surface area contributed by atoms with Gasteiger partial charge >= 0.3 is 0 Å². The second-order valence-electron chi connectivity index (χ2n) is 5.18. The lowest BCUT2D eigenvalue weighted by Gasteiger charge is -2.27.